The number of aryl methyl sites for hydroxylation is 2. The third kappa shape index (κ3) is 8.15. The van der Waals surface area contributed by atoms with Gasteiger partial charge in [-0.15, -0.1) is 0 Å². The van der Waals surface area contributed by atoms with Crippen LogP contribution in [0.1, 0.15) is 56.1 Å². The monoisotopic (exact) mass is 508 g/mol. The minimum atomic E-state index is -0.621. The molecule has 2 heterocycles. The largest absolute Gasteiger partial charge is 0.453 e. The molecular formula is C27H36N6O4. The first-order valence-electron chi connectivity index (χ1n) is 12.4. The first-order chi connectivity index (χ1) is 17.4. The van der Waals surface area contributed by atoms with Gasteiger partial charge in [0.15, 0.2) is 6.61 Å². The fraction of sp³-hybridized carbons (Fsp3) is 0.519. The summed E-state index contributed by atoms with van der Waals surface area (Å²) in [5.74, 6) is -0.139. The molecule has 37 heavy (non-hydrogen) atoms. The molecule has 1 N–H and O–H groups in total. The zero-order valence-corrected chi connectivity index (χ0v) is 22.5. The summed E-state index contributed by atoms with van der Waals surface area (Å²) in [4.78, 5) is 37.6. The lowest BCUT2D eigenvalue weighted by Crippen LogP contribution is -2.46. The molecule has 0 spiro atoms. The van der Waals surface area contributed by atoms with Crippen molar-refractivity contribution in [3.63, 3.8) is 0 Å². The Hall–Kier alpha value is -3.71. The summed E-state index contributed by atoms with van der Waals surface area (Å²) in [5.41, 5.74) is 2.71. The van der Waals surface area contributed by atoms with Crippen LogP contribution in [0.15, 0.2) is 24.3 Å². The van der Waals surface area contributed by atoms with Crippen molar-refractivity contribution < 1.29 is 19.1 Å². The van der Waals surface area contributed by atoms with Crippen molar-refractivity contribution in [3.8, 4) is 12.1 Å². The Morgan fingerprint density at radius 2 is 1.73 bits per heavy atom. The van der Waals surface area contributed by atoms with Crippen LogP contribution >= 0.6 is 0 Å². The van der Waals surface area contributed by atoms with Crippen LogP contribution in [0.4, 0.5) is 10.5 Å². The average Bonchev–Trinajstić information content (AvgIpc) is 2.84. The number of aromatic nitrogens is 2. The number of hydrogen-bond acceptors (Lipinski definition) is 8. The second kappa shape index (κ2) is 12.0. The lowest BCUT2D eigenvalue weighted by atomic mass is 10.0. The number of nitriles is 1. The molecule has 0 saturated carbocycles. The van der Waals surface area contributed by atoms with Crippen LogP contribution in [-0.4, -0.2) is 70.2 Å². The van der Waals surface area contributed by atoms with Crippen LogP contribution in [0.3, 0.4) is 0 Å². The Kier molecular flexibility index (Phi) is 9.05. The van der Waals surface area contributed by atoms with Crippen molar-refractivity contribution in [3.05, 3.63) is 46.8 Å². The molecule has 1 aromatic heterocycles. The molecule has 10 heteroatoms. The Morgan fingerprint density at radius 1 is 1.14 bits per heavy atom. The van der Waals surface area contributed by atoms with Gasteiger partial charge in [-0.3, -0.25) is 15.0 Å². The first-order valence-corrected chi connectivity index (χ1v) is 12.4. The van der Waals surface area contributed by atoms with Crippen molar-refractivity contribution in [2.45, 2.75) is 65.6 Å². The zero-order chi connectivity index (χ0) is 27.2. The predicted octanol–water partition coefficient (Wildman–Crippen LogP) is 3.81. The van der Waals surface area contributed by atoms with Gasteiger partial charge in [-0.05, 0) is 65.2 Å². The van der Waals surface area contributed by atoms with Crippen LogP contribution in [0, 0.1) is 25.2 Å². The second-order valence-corrected chi connectivity index (χ2v) is 10.3. The van der Waals surface area contributed by atoms with Crippen molar-refractivity contribution in [1.29, 1.82) is 5.26 Å². The summed E-state index contributed by atoms with van der Waals surface area (Å²) in [6.07, 6.45) is 1.16. The highest BCUT2D eigenvalue weighted by Gasteiger charge is 2.26. The van der Waals surface area contributed by atoms with E-state index < -0.39 is 11.7 Å². The van der Waals surface area contributed by atoms with E-state index in [0.29, 0.717) is 22.6 Å². The van der Waals surface area contributed by atoms with Gasteiger partial charge in [0.05, 0.1) is 28.7 Å². The molecule has 0 radical (unpaired) electrons. The molecule has 10 nitrogen and oxygen atoms in total. The maximum Gasteiger partial charge on any atom is 0.412 e. The van der Waals surface area contributed by atoms with Crippen LogP contribution in [0.25, 0.3) is 0 Å². The molecule has 2 aromatic rings. The normalized spacial score (nSPS) is 14.5. The molecule has 0 unspecified atom stereocenters. The molecule has 198 valence electrons. The molecule has 1 aromatic carbocycles. The topological polar surface area (TPSA) is 121 Å². The molecule has 1 aliphatic rings. The summed E-state index contributed by atoms with van der Waals surface area (Å²) in [5, 5.41) is 11.6. The first kappa shape index (κ1) is 27.9. The number of nitrogens with one attached hydrogen (secondary N) is 1. The van der Waals surface area contributed by atoms with Crippen molar-refractivity contribution in [1.82, 2.24) is 19.8 Å². The number of anilines is 1. The maximum absolute atomic E-state index is 12.8. The SMILES string of the molecule is Cc1nc(OCC(=O)N(C)C2CCN(Cc3ccc(C#N)cc3)CC2)nc(C)c1NC(=O)OC(C)(C)C. The molecule has 2 amide bonds. The van der Waals surface area contributed by atoms with Gasteiger partial charge in [-0.25, -0.2) is 4.79 Å². The molecule has 0 bridgehead atoms. The van der Waals surface area contributed by atoms with Crippen LogP contribution in [0.5, 0.6) is 6.01 Å². The van der Waals surface area contributed by atoms with E-state index in [4.69, 9.17) is 14.7 Å². The fourth-order valence-electron chi connectivity index (χ4n) is 4.18. The summed E-state index contributed by atoms with van der Waals surface area (Å²) >= 11 is 0. The van der Waals surface area contributed by atoms with E-state index in [0.717, 1.165) is 32.5 Å². The highest BCUT2D eigenvalue weighted by molar-refractivity contribution is 5.86. The van der Waals surface area contributed by atoms with Crippen molar-refractivity contribution in [2.24, 2.45) is 0 Å². The van der Waals surface area contributed by atoms with Gasteiger partial charge in [0.2, 0.25) is 0 Å². The summed E-state index contributed by atoms with van der Waals surface area (Å²) in [6, 6.07) is 10.0. The van der Waals surface area contributed by atoms with Gasteiger partial charge in [-0.1, -0.05) is 12.1 Å². The Labute approximate surface area is 218 Å². The molecule has 1 fully saturated rings. The third-order valence-electron chi connectivity index (χ3n) is 6.19. The second-order valence-electron chi connectivity index (χ2n) is 10.3. The summed E-state index contributed by atoms with van der Waals surface area (Å²) in [7, 11) is 1.80. The number of amides is 2. The number of hydrogen-bond donors (Lipinski definition) is 1. The number of likely N-dealkylation sites (N-methyl/N-ethyl adjacent to an activating group) is 1. The Balaban J connectivity index is 1.48. The van der Waals surface area contributed by atoms with Gasteiger partial charge in [0.25, 0.3) is 5.91 Å². The van der Waals surface area contributed by atoms with E-state index in [9.17, 15) is 9.59 Å². The number of ether oxygens (including phenoxy) is 2. The highest BCUT2D eigenvalue weighted by Crippen LogP contribution is 2.22. The van der Waals surface area contributed by atoms with E-state index in [1.54, 1.807) is 46.6 Å². The molecule has 0 aliphatic carbocycles. The molecule has 1 saturated heterocycles. The van der Waals surface area contributed by atoms with Gasteiger partial charge >= 0.3 is 12.1 Å². The molecule has 1 aliphatic heterocycles. The van der Waals surface area contributed by atoms with Crippen LogP contribution < -0.4 is 10.1 Å². The molecule has 0 atom stereocenters. The van der Waals surface area contributed by atoms with Gasteiger partial charge in [0, 0.05) is 32.7 Å². The van der Waals surface area contributed by atoms with Gasteiger partial charge in [-0.2, -0.15) is 15.2 Å². The van der Waals surface area contributed by atoms with E-state index >= 15 is 0 Å². The van der Waals surface area contributed by atoms with E-state index in [1.165, 1.54) is 5.56 Å². The highest BCUT2D eigenvalue weighted by atomic mass is 16.6. The lowest BCUT2D eigenvalue weighted by molar-refractivity contribution is -0.135. The minimum Gasteiger partial charge on any atom is -0.453 e. The number of benzene rings is 1. The third-order valence-corrected chi connectivity index (χ3v) is 6.19. The summed E-state index contributed by atoms with van der Waals surface area (Å²) in [6.45, 7) is 11.3. The lowest BCUT2D eigenvalue weighted by Gasteiger charge is -2.36. The fourth-order valence-corrected chi connectivity index (χ4v) is 4.18. The number of rotatable bonds is 7. The van der Waals surface area contributed by atoms with Crippen molar-refractivity contribution >= 4 is 17.7 Å². The molecule has 3 rings (SSSR count). The number of nitrogens with zero attached hydrogens (tertiary/aromatic N) is 5. The smallest absolute Gasteiger partial charge is 0.412 e. The number of carbonyl (C=O) groups excluding carboxylic acids is 2. The average molecular weight is 509 g/mol. The predicted molar refractivity (Wildman–Crippen MR) is 139 cm³/mol. The Morgan fingerprint density at radius 3 is 2.27 bits per heavy atom. The van der Waals surface area contributed by atoms with Crippen LogP contribution in [-0.2, 0) is 16.1 Å². The number of piperidine rings is 1. The van der Waals surface area contributed by atoms with E-state index in [1.807, 2.05) is 24.3 Å². The van der Waals surface area contributed by atoms with Gasteiger partial charge in [0.1, 0.15) is 5.60 Å². The minimum absolute atomic E-state index is 0.0868. The van der Waals surface area contributed by atoms with Gasteiger partial charge < -0.3 is 14.4 Å². The zero-order valence-electron chi connectivity index (χ0n) is 22.5. The van der Waals surface area contributed by atoms with E-state index in [-0.39, 0.29) is 24.6 Å². The van der Waals surface area contributed by atoms with E-state index in [2.05, 4.69) is 26.3 Å². The standard InChI is InChI=1S/C27H36N6O4/c1-18-24(31-26(35)37-27(3,4)5)19(2)30-25(29-18)36-17-23(34)32(6)22-11-13-33(14-12-22)16-21-9-7-20(15-28)8-10-21/h7-10,22H,11-14,16-17H2,1-6H3,(H,31,35). The Bertz CT molecular complexity index is 1120. The number of likely N-dealkylation sites (tertiary alicyclic amines) is 1. The summed E-state index contributed by atoms with van der Waals surface area (Å²) < 4.78 is 10.9. The van der Waals surface area contributed by atoms with Crippen LogP contribution in [0.2, 0.25) is 0 Å². The number of carbonyl (C=O) groups is 2. The quantitative estimate of drug-likeness (QED) is 0.599. The maximum atomic E-state index is 12.8. The molecular weight excluding hydrogens is 472 g/mol. The van der Waals surface area contributed by atoms with Crippen molar-refractivity contribution in [2.75, 3.05) is 32.1 Å².